The number of aryl methyl sites for hydroxylation is 2. The van der Waals surface area contributed by atoms with Crippen LogP contribution in [0.3, 0.4) is 0 Å². The van der Waals surface area contributed by atoms with Gasteiger partial charge in [0.15, 0.2) is 4.34 Å². The van der Waals surface area contributed by atoms with E-state index in [0.29, 0.717) is 16.1 Å². The molecule has 5 nitrogen and oxygen atoms in total. The van der Waals surface area contributed by atoms with Crippen LogP contribution >= 0.6 is 23.1 Å². The second-order valence-electron chi connectivity index (χ2n) is 6.60. The summed E-state index contributed by atoms with van der Waals surface area (Å²) < 4.78 is 30.0. The lowest BCUT2D eigenvalue weighted by atomic mass is 10.2. The van der Waals surface area contributed by atoms with Gasteiger partial charge in [-0.05, 0) is 55.8 Å². The van der Waals surface area contributed by atoms with Gasteiger partial charge in [-0.2, -0.15) is 0 Å². The molecular formula is C21H18N2O3S3. The molecule has 8 heteroatoms. The van der Waals surface area contributed by atoms with Gasteiger partial charge in [0.05, 0.1) is 25.7 Å². The van der Waals surface area contributed by atoms with Crippen molar-refractivity contribution in [2.45, 2.75) is 28.0 Å². The molecule has 29 heavy (non-hydrogen) atoms. The van der Waals surface area contributed by atoms with Crippen molar-refractivity contribution in [1.29, 1.82) is 0 Å². The molecule has 0 aliphatic rings. The van der Waals surface area contributed by atoms with E-state index in [4.69, 9.17) is 0 Å². The molecule has 0 spiro atoms. The van der Waals surface area contributed by atoms with Gasteiger partial charge in [-0.15, -0.1) is 11.3 Å². The monoisotopic (exact) mass is 442 g/mol. The number of aromatic hydroxyl groups is 1. The van der Waals surface area contributed by atoms with E-state index in [9.17, 15) is 13.5 Å². The average Bonchev–Trinajstić information content (AvgIpc) is 3.08. The maximum absolute atomic E-state index is 12.7. The number of nitrogens with one attached hydrogen (secondary N) is 1. The van der Waals surface area contributed by atoms with Gasteiger partial charge in [0.1, 0.15) is 5.75 Å². The smallest absolute Gasteiger partial charge is 0.261 e. The molecular weight excluding hydrogens is 424 g/mol. The van der Waals surface area contributed by atoms with Crippen LogP contribution < -0.4 is 4.72 Å². The molecule has 148 valence electrons. The minimum atomic E-state index is -3.73. The number of nitrogens with zero attached hydrogens (tertiary/aromatic N) is 1. The third-order valence-corrected chi connectivity index (χ3v) is 7.88. The molecule has 3 aromatic carbocycles. The third-order valence-electron chi connectivity index (χ3n) is 4.35. The lowest BCUT2D eigenvalue weighted by Crippen LogP contribution is -2.13. The molecule has 0 radical (unpaired) electrons. The summed E-state index contributed by atoms with van der Waals surface area (Å²) in [4.78, 5) is 5.29. The van der Waals surface area contributed by atoms with Crippen molar-refractivity contribution in [3.05, 3.63) is 71.8 Å². The molecule has 4 aromatic rings. The van der Waals surface area contributed by atoms with Gasteiger partial charge >= 0.3 is 0 Å². The van der Waals surface area contributed by atoms with Crippen molar-refractivity contribution in [2.75, 3.05) is 4.72 Å². The number of thiazole rings is 1. The highest BCUT2D eigenvalue weighted by Gasteiger charge is 2.18. The maximum Gasteiger partial charge on any atom is 0.261 e. The summed E-state index contributed by atoms with van der Waals surface area (Å²) in [5, 5.41) is 10.4. The van der Waals surface area contributed by atoms with Crippen LogP contribution in [-0.2, 0) is 10.0 Å². The van der Waals surface area contributed by atoms with Gasteiger partial charge in [0.2, 0.25) is 0 Å². The van der Waals surface area contributed by atoms with E-state index in [1.54, 1.807) is 43.3 Å². The average molecular weight is 443 g/mol. The first kappa shape index (κ1) is 19.8. The summed E-state index contributed by atoms with van der Waals surface area (Å²) >= 11 is 2.83. The van der Waals surface area contributed by atoms with Crippen molar-refractivity contribution in [3.63, 3.8) is 0 Å². The SMILES string of the molecule is Cc1ccc(S(=O)(=O)Nc2cc(Sc3nc4ccccc4s3)c(O)cc2C)cc1. The number of fused-ring (bicyclic) bond motifs is 1. The van der Waals surface area contributed by atoms with Gasteiger partial charge in [-0.25, -0.2) is 13.4 Å². The molecule has 0 aliphatic heterocycles. The highest BCUT2D eigenvalue weighted by Crippen LogP contribution is 2.41. The fourth-order valence-corrected chi connectivity index (χ4v) is 5.97. The Labute approximate surface area is 177 Å². The molecule has 0 amide bonds. The summed E-state index contributed by atoms with van der Waals surface area (Å²) in [6, 6.07) is 17.7. The van der Waals surface area contributed by atoms with E-state index in [2.05, 4.69) is 9.71 Å². The number of para-hydroxylation sites is 1. The number of phenols is 1. The van der Waals surface area contributed by atoms with Gasteiger partial charge in [-0.3, -0.25) is 4.72 Å². The number of phenolic OH excluding ortho intramolecular Hbond substituents is 1. The predicted molar refractivity (Wildman–Crippen MR) is 119 cm³/mol. The predicted octanol–water partition coefficient (Wildman–Crippen LogP) is 5.57. The van der Waals surface area contributed by atoms with Crippen molar-refractivity contribution < 1.29 is 13.5 Å². The normalized spacial score (nSPS) is 11.7. The number of hydrogen-bond donors (Lipinski definition) is 2. The van der Waals surface area contributed by atoms with Crippen LogP contribution in [0.1, 0.15) is 11.1 Å². The van der Waals surface area contributed by atoms with Gasteiger partial charge in [0, 0.05) is 0 Å². The number of sulfonamides is 1. The molecule has 4 rings (SSSR count). The summed E-state index contributed by atoms with van der Waals surface area (Å²) in [5.41, 5.74) is 2.94. The van der Waals surface area contributed by atoms with E-state index in [-0.39, 0.29) is 10.6 Å². The van der Waals surface area contributed by atoms with Crippen molar-refractivity contribution >= 4 is 49.0 Å². The van der Waals surface area contributed by atoms with E-state index in [1.165, 1.54) is 23.1 Å². The topological polar surface area (TPSA) is 79.3 Å². The van der Waals surface area contributed by atoms with E-state index in [0.717, 1.165) is 20.1 Å². The van der Waals surface area contributed by atoms with E-state index in [1.807, 2.05) is 31.2 Å². The molecule has 0 bridgehead atoms. The Balaban J connectivity index is 1.65. The fraction of sp³-hybridized carbons (Fsp3) is 0.0952. The van der Waals surface area contributed by atoms with Crippen molar-refractivity contribution in [3.8, 4) is 5.75 Å². The standard InChI is InChI=1S/C21H18N2O3S3/c1-13-7-9-15(10-8-13)29(25,26)23-17-12-20(18(24)11-14(17)2)28-21-22-16-5-3-4-6-19(16)27-21/h3-12,23-24H,1-2H3. The lowest BCUT2D eigenvalue weighted by Gasteiger charge is -2.13. The Hall–Kier alpha value is -2.55. The fourth-order valence-electron chi connectivity index (χ4n) is 2.77. The first-order valence-electron chi connectivity index (χ1n) is 8.78. The van der Waals surface area contributed by atoms with Gasteiger partial charge in [0.25, 0.3) is 10.0 Å². The molecule has 1 heterocycles. The molecule has 0 atom stereocenters. The van der Waals surface area contributed by atoms with Crippen LogP contribution in [-0.4, -0.2) is 18.5 Å². The van der Waals surface area contributed by atoms with Gasteiger partial charge < -0.3 is 5.11 Å². The number of hydrogen-bond acceptors (Lipinski definition) is 6. The highest BCUT2D eigenvalue weighted by atomic mass is 32.2. The van der Waals surface area contributed by atoms with Crippen LogP contribution in [0.4, 0.5) is 5.69 Å². The van der Waals surface area contributed by atoms with E-state index < -0.39 is 10.0 Å². The van der Waals surface area contributed by atoms with Crippen LogP contribution in [0.15, 0.2) is 74.8 Å². The summed E-state index contributed by atoms with van der Waals surface area (Å²) in [5.74, 6) is 0.0880. The van der Waals surface area contributed by atoms with Gasteiger partial charge in [-0.1, -0.05) is 41.6 Å². The first-order chi connectivity index (χ1) is 13.8. The number of anilines is 1. The largest absolute Gasteiger partial charge is 0.507 e. The van der Waals surface area contributed by atoms with E-state index >= 15 is 0 Å². The molecule has 0 unspecified atom stereocenters. The second-order valence-corrected chi connectivity index (χ2v) is 10.6. The quantitative estimate of drug-likeness (QED) is 0.395. The Bertz CT molecular complexity index is 1260. The van der Waals surface area contributed by atoms with Crippen molar-refractivity contribution in [2.24, 2.45) is 0 Å². The van der Waals surface area contributed by atoms with Crippen molar-refractivity contribution in [1.82, 2.24) is 4.98 Å². The Kier molecular flexibility index (Phi) is 5.24. The molecule has 0 saturated carbocycles. The minimum absolute atomic E-state index is 0.0880. The zero-order valence-corrected chi connectivity index (χ0v) is 18.2. The number of benzene rings is 3. The van der Waals surface area contributed by atoms with Crippen LogP contribution in [0.25, 0.3) is 10.2 Å². The number of aromatic nitrogens is 1. The Morgan fingerprint density at radius 1 is 1.03 bits per heavy atom. The molecule has 1 aromatic heterocycles. The third kappa shape index (κ3) is 4.24. The summed E-state index contributed by atoms with van der Waals surface area (Å²) in [7, 11) is -3.73. The maximum atomic E-state index is 12.7. The first-order valence-corrected chi connectivity index (χ1v) is 11.9. The zero-order valence-electron chi connectivity index (χ0n) is 15.7. The lowest BCUT2D eigenvalue weighted by molar-refractivity contribution is 0.462. The van der Waals surface area contributed by atoms with Crippen LogP contribution in [0.2, 0.25) is 0 Å². The molecule has 0 saturated heterocycles. The van der Waals surface area contributed by atoms with Crippen LogP contribution in [0, 0.1) is 13.8 Å². The second kappa shape index (κ2) is 7.70. The summed E-state index contributed by atoms with van der Waals surface area (Å²) in [6.07, 6.45) is 0. The zero-order chi connectivity index (χ0) is 20.6. The van der Waals surface area contributed by atoms with Crippen LogP contribution in [0.5, 0.6) is 5.75 Å². The molecule has 0 aliphatic carbocycles. The molecule has 2 N–H and O–H groups in total. The highest BCUT2D eigenvalue weighted by molar-refractivity contribution is 8.01. The molecule has 0 fully saturated rings. The Morgan fingerprint density at radius 2 is 1.76 bits per heavy atom. The Morgan fingerprint density at radius 3 is 2.48 bits per heavy atom. The summed E-state index contributed by atoms with van der Waals surface area (Å²) in [6.45, 7) is 3.65. The minimum Gasteiger partial charge on any atom is -0.507 e. The number of rotatable bonds is 5.